The van der Waals surface area contributed by atoms with Gasteiger partial charge in [0, 0.05) is 9.35 Å². The standard InChI is InChI=1S/C28H37BrN2O4S2/c1-6-7-8-9-14-35-21-13-11-18(29)16-20(21)24(32)30-27(36)31-25-23(26(33)34-5)19-12-10-17(28(2,3)4)15-22(19)37-25/h11,13,16-17H,6-10,12,14-15H2,1-5H3,(H2,30,31,32,36). The van der Waals surface area contributed by atoms with Crippen LogP contribution >= 0.6 is 39.5 Å². The first kappa shape index (κ1) is 29.6. The van der Waals surface area contributed by atoms with Gasteiger partial charge in [-0.05, 0) is 73.0 Å². The van der Waals surface area contributed by atoms with Crippen LogP contribution in [0.3, 0.4) is 0 Å². The number of anilines is 1. The Morgan fingerprint density at radius 3 is 2.65 bits per heavy atom. The fourth-order valence-electron chi connectivity index (χ4n) is 4.55. The van der Waals surface area contributed by atoms with Crippen molar-refractivity contribution in [2.24, 2.45) is 11.3 Å². The number of methoxy groups -OCH3 is 1. The Bertz CT molecular complexity index is 1140. The second kappa shape index (κ2) is 13.2. The lowest BCUT2D eigenvalue weighted by atomic mass is 9.72. The molecule has 1 aromatic carbocycles. The number of unbranched alkanes of at least 4 members (excludes halogenated alkanes) is 3. The molecule has 1 aliphatic rings. The summed E-state index contributed by atoms with van der Waals surface area (Å²) in [5.41, 5.74) is 2.12. The topological polar surface area (TPSA) is 76.7 Å². The second-order valence-electron chi connectivity index (χ2n) is 10.5. The highest BCUT2D eigenvalue weighted by molar-refractivity contribution is 9.10. The lowest BCUT2D eigenvalue weighted by Crippen LogP contribution is -2.34. The van der Waals surface area contributed by atoms with Crippen LogP contribution < -0.4 is 15.4 Å². The summed E-state index contributed by atoms with van der Waals surface area (Å²) in [7, 11) is 1.38. The average Bonchev–Trinajstić information content (AvgIpc) is 3.20. The Labute approximate surface area is 238 Å². The van der Waals surface area contributed by atoms with Crippen molar-refractivity contribution in [2.75, 3.05) is 19.0 Å². The molecule has 0 saturated heterocycles. The van der Waals surface area contributed by atoms with E-state index in [0.29, 0.717) is 34.4 Å². The number of halogens is 1. The number of fused-ring (bicyclic) bond motifs is 1. The van der Waals surface area contributed by atoms with Crippen LogP contribution in [0.2, 0.25) is 0 Å². The minimum atomic E-state index is -0.394. The highest BCUT2D eigenvalue weighted by atomic mass is 79.9. The number of nitrogens with one attached hydrogen (secondary N) is 2. The molecule has 0 spiro atoms. The van der Waals surface area contributed by atoms with Gasteiger partial charge in [-0.3, -0.25) is 10.1 Å². The van der Waals surface area contributed by atoms with Crippen LogP contribution in [0.4, 0.5) is 5.00 Å². The maximum absolute atomic E-state index is 13.1. The largest absolute Gasteiger partial charge is 0.493 e. The van der Waals surface area contributed by atoms with Gasteiger partial charge in [-0.1, -0.05) is 62.9 Å². The van der Waals surface area contributed by atoms with Crippen molar-refractivity contribution < 1.29 is 19.1 Å². The van der Waals surface area contributed by atoms with Crippen LogP contribution in [0.1, 0.15) is 91.0 Å². The molecule has 1 amide bonds. The molecule has 9 heteroatoms. The molecule has 0 aliphatic heterocycles. The van der Waals surface area contributed by atoms with Gasteiger partial charge in [0.15, 0.2) is 5.11 Å². The van der Waals surface area contributed by atoms with Crippen LogP contribution in [-0.2, 0) is 17.6 Å². The third kappa shape index (κ3) is 7.77. The van der Waals surface area contributed by atoms with Gasteiger partial charge in [0.2, 0.25) is 0 Å². The summed E-state index contributed by atoms with van der Waals surface area (Å²) in [6, 6.07) is 5.34. The Balaban J connectivity index is 1.75. The highest BCUT2D eigenvalue weighted by Crippen LogP contribution is 2.44. The molecule has 0 bridgehead atoms. The van der Waals surface area contributed by atoms with Gasteiger partial charge in [0.25, 0.3) is 5.91 Å². The molecular weight excluding hydrogens is 572 g/mol. The van der Waals surface area contributed by atoms with E-state index in [-0.39, 0.29) is 16.4 Å². The van der Waals surface area contributed by atoms with Crippen molar-refractivity contribution >= 4 is 61.5 Å². The molecule has 1 heterocycles. The molecule has 1 aliphatic carbocycles. The molecule has 6 nitrogen and oxygen atoms in total. The molecule has 37 heavy (non-hydrogen) atoms. The maximum Gasteiger partial charge on any atom is 0.341 e. The number of amides is 1. The van der Waals surface area contributed by atoms with E-state index in [1.165, 1.54) is 23.3 Å². The molecule has 0 saturated carbocycles. The Morgan fingerprint density at radius 2 is 1.97 bits per heavy atom. The fraction of sp³-hybridized carbons (Fsp3) is 0.536. The van der Waals surface area contributed by atoms with E-state index >= 15 is 0 Å². The lowest BCUT2D eigenvalue weighted by Gasteiger charge is -2.33. The van der Waals surface area contributed by atoms with Gasteiger partial charge in [-0.2, -0.15) is 0 Å². The van der Waals surface area contributed by atoms with Gasteiger partial charge in [0.05, 0.1) is 24.8 Å². The Kier molecular flexibility index (Phi) is 10.6. The molecular formula is C28H37BrN2O4S2. The molecule has 0 radical (unpaired) electrons. The lowest BCUT2D eigenvalue weighted by molar-refractivity contribution is 0.0600. The molecule has 0 fully saturated rings. The smallest absolute Gasteiger partial charge is 0.341 e. The van der Waals surface area contributed by atoms with Gasteiger partial charge < -0.3 is 14.8 Å². The summed E-state index contributed by atoms with van der Waals surface area (Å²) in [5.74, 6) is 0.265. The van der Waals surface area contributed by atoms with Crippen molar-refractivity contribution in [3.05, 3.63) is 44.2 Å². The van der Waals surface area contributed by atoms with Crippen LogP contribution in [0.25, 0.3) is 0 Å². The zero-order chi connectivity index (χ0) is 27.2. The molecule has 2 N–H and O–H groups in total. The number of ether oxygens (including phenoxy) is 2. The number of carbonyl (C=O) groups is 2. The molecule has 202 valence electrons. The quantitative estimate of drug-likeness (QED) is 0.174. The minimum Gasteiger partial charge on any atom is -0.493 e. The van der Waals surface area contributed by atoms with Crippen molar-refractivity contribution in [3.63, 3.8) is 0 Å². The predicted molar refractivity (Wildman–Crippen MR) is 158 cm³/mol. The Morgan fingerprint density at radius 1 is 1.22 bits per heavy atom. The zero-order valence-electron chi connectivity index (χ0n) is 22.3. The fourth-order valence-corrected chi connectivity index (χ4v) is 6.49. The van der Waals surface area contributed by atoms with E-state index in [1.54, 1.807) is 12.1 Å². The number of rotatable bonds is 9. The number of benzene rings is 1. The summed E-state index contributed by atoms with van der Waals surface area (Å²) in [4.78, 5) is 27.0. The van der Waals surface area contributed by atoms with Gasteiger partial charge in [-0.15, -0.1) is 11.3 Å². The van der Waals surface area contributed by atoms with Crippen LogP contribution in [0.5, 0.6) is 5.75 Å². The van der Waals surface area contributed by atoms with E-state index in [0.717, 1.165) is 55.0 Å². The van der Waals surface area contributed by atoms with Crippen LogP contribution in [0.15, 0.2) is 22.7 Å². The van der Waals surface area contributed by atoms with Gasteiger partial charge in [-0.25, -0.2) is 4.79 Å². The maximum atomic E-state index is 13.1. The number of esters is 1. The summed E-state index contributed by atoms with van der Waals surface area (Å²) < 4.78 is 11.8. The molecule has 1 atom stereocenters. The first-order valence-electron chi connectivity index (χ1n) is 12.8. The third-order valence-electron chi connectivity index (χ3n) is 6.78. The van der Waals surface area contributed by atoms with Gasteiger partial charge in [0.1, 0.15) is 10.8 Å². The third-order valence-corrected chi connectivity index (χ3v) is 8.64. The number of carbonyl (C=O) groups excluding carboxylic acids is 2. The average molecular weight is 610 g/mol. The van der Waals surface area contributed by atoms with Crippen LogP contribution in [0, 0.1) is 11.3 Å². The monoisotopic (exact) mass is 608 g/mol. The van der Waals surface area contributed by atoms with Gasteiger partial charge >= 0.3 is 5.97 Å². The minimum absolute atomic E-state index is 0.120. The predicted octanol–water partition coefficient (Wildman–Crippen LogP) is 7.53. The SMILES string of the molecule is CCCCCCOc1ccc(Br)cc1C(=O)NC(=S)Nc1sc2c(c1C(=O)OC)CCC(C(C)(C)C)C2. The van der Waals surface area contributed by atoms with Crippen molar-refractivity contribution in [1.82, 2.24) is 5.32 Å². The molecule has 3 rings (SSSR count). The van der Waals surface area contributed by atoms with E-state index in [4.69, 9.17) is 21.7 Å². The van der Waals surface area contributed by atoms with Crippen molar-refractivity contribution in [3.8, 4) is 5.75 Å². The van der Waals surface area contributed by atoms with E-state index in [9.17, 15) is 9.59 Å². The summed E-state index contributed by atoms with van der Waals surface area (Å²) in [6.07, 6.45) is 7.07. The van der Waals surface area contributed by atoms with E-state index in [2.05, 4.69) is 54.3 Å². The Hall–Kier alpha value is -1.97. The molecule has 2 aromatic rings. The summed E-state index contributed by atoms with van der Waals surface area (Å²) in [6.45, 7) is 9.48. The van der Waals surface area contributed by atoms with Crippen molar-refractivity contribution in [2.45, 2.75) is 72.6 Å². The summed E-state index contributed by atoms with van der Waals surface area (Å²) in [5, 5.41) is 6.59. The van der Waals surface area contributed by atoms with Crippen LogP contribution in [-0.4, -0.2) is 30.7 Å². The summed E-state index contributed by atoms with van der Waals surface area (Å²) >= 11 is 10.4. The first-order valence-corrected chi connectivity index (χ1v) is 14.8. The highest BCUT2D eigenvalue weighted by Gasteiger charge is 2.34. The zero-order valence-corrected chi connectivity index (χ0v) is 25.5. The molecule has 1 aromatic heterocycles. The number of hydrogen-bond donors (Lipinski definition) is 2. The van der Waals surface area contributed by atoms with Crippen molar-refractivity contribution in [1.29, 1.82) is 0 Å². The number of thiophene rings is 1. The van der Waals surface area contributed by atoms with E-state index < -0.39 is 5.97 Å². The number of hydrogen-bond acceptors (Lipinski definition) is 6. The first-order chi connectivity index (χ1) is 17.5. The molecule has 1 unspecified atom stereocenters. The van der Waals surface area contributed by atoms with E-state index in [1.807, 2.05) is 6.07 Å². The second-order valence-corrected chi connectivity index (χ2v) is 12.9. The number of thiocarbonyl (C=S) groups is 1. The normalized spacial score (nSPS) is 15.0.